The van der Waals surface area contributed by atoms with E-state index in [-0.39, 0.29) is 10.7 Å². The summed E-state index contributed by atoms with van der Waals surface area (Å²) in [6, 6.07) is 10.3. The van der Waals surface area contributed by atoms with E-state index >= 15 is 0 Å². The Morgan fingerprint density at radius 1 is 1.19 bits per heavy atom. The summed E-state index contributed by atoms with van der Waals surface area (Å²) in [7, 11) is 0. The summed E-state index contributed by atoms with van der Waals surface area (Å²) < 4.78 is 5.76. The van der Waals surface area contributed by atoms with Crippen molar-refractivity contribution in [2.24, 2.45) is 0 Å². The highest BCUT2D eigenvalue weighted by molar-refractivity contribution is 7.80. The van der Waals surface area contributed by atoms with Crippen LogP contribution in [0.4, 0.5) is 11.6 Å². The fourth-order valence-corrected chi connectivity index (χ4v) is 3.27. The van der Waals surface area contributed by atoms with E-state index in [4.69, 9.17) is 28.2 Å². The summed E-state index contributed by atoms with van der Waals surface area (Å²) in [5.41, 5.74) is 0.326. The maximum absolute atomic E-state index is 13.0. The molecule has 6 nitrogen and oxygen atoms in total. The summed E-state index contributed by atoms with van der Waals surface area (Å²) in [5, 5.41) is 2.86. The van der Waals surface area contributed by atoms with Gasteiger partial charge in [0.05, 0.1) is 10.7 Å². The zero-order chi connectivity index (χ0) is 19.6. The van der Waals surface area contributed by atoms with Gasteiger partial charge in [-0.25, -0.2) is 0 Å². The third-order valence-corrected chi connectivity index (χ3v) is 4.77. The van der Waals surface area contributed by atoms with Gasteiger partial charge < -0.3 is 9.32 Å². The Kier molecular flexibility index (Phi) is 5.62. The second-order valence-corrected chi connectivity index (χ2v) is 6.55. The van der Waals surface area contributed by atoms with Crippen molar-refractivity contribution in [2.45, 2.75) is 13.8 Å². The van der Waals surface area contributed by atoms with Crippen LogP contribution in [0.25, 0.3) is 6.08 Å². The lowest BCUT2D eigenvalue weighted by molar-refractivity contribution is -0.122. The minimum absolute atomic E-state index is 0.0153. The summed E-state index contributed by atoms with van der Waals surface area (Å²) >= 11 is 11.4. The zero-order valence-corrected chi connectivity index (χ0v) is 16.4. The first-order valence-electron chi connectivity index (χ1n) is 8.47. The van der Waals surface area contributed by atoms with Crippen LogP contribution in [0.2, 0.25) is 5.02 Å². The summed E-state index contributed by atoms with van der Waals surface area (Å²) in [6.07, 6.45) is 1.41. The SMILES string of the molecule is CCN(CC)c1ccc(/C=C2\C(=O)NC(=S)N(c3ccccc3Cl)C2=O)o1. The standard InChI is InChI=1S/C19H18ClN3O3S/c1-3-22(4-2)16-10-9-12(26-16)11-13-17(24)21-19(27)23(18(13)25)15-8-6-5-7-14(15)20/h5-11H,3-4H2,1-2H3,(H,21,24,27)/b13-11+. The third kappa shape index (κ3) is 3.74. The normalized spacial score (nSPS) is 16.0. The van der Waals surface area contributed by atoms with Crippen molar-refractivity contribution in [3.8, 4) is 0 Å². The second-order valence-electron chi connectivity index (χ2n) is 5.76. The second kappa shape index (κ2) is 7.94. The van der Waals surface area contributed by atoms with Crippen molar-refractivity contribution >= 4 is 58.4 Å². The van der Waals surface area contributed by atoms with Crippen LogP contribution in [0.1, 0.15) is 19.6 Å². The fraction of sp³-hybridized carbons (Fsp3) is 0.211. The predicted octanol–water partition coefficient (Wildman–Crippen LogP) is 3.61. The van der Waals surface area contributed by atoms with Crippen molar-refractivity contribution in [1.82, 2.24) is 5.32 Å². The number of thiocarbonyl (C=S) groups is 1. The van der Waals surface area contributed by atoms with Gasteiger partial charge in [0.2, 0.25) is 0 Å². The molecule has 0 radical (unpaired) electrons. The van der Waals surface area contributed by atoms with Gasteiger partial charge in [0.25, 0.3) is 11.8 Å². The number of hydrogen-bond acceptors (Lipinski definition) is 5. The highest BCUT2D eigenvalue weighted by Crippen LogP contribution is 2.29. The molecule has 0 saturated carbocycles. The Balaban J connectivity index is 1.96. The molecule has 2 aromatic rings. The van der Waals surface area contributed by atoms with Gasteiger partial charge in [-0.1, -0.05) is 23.7 Å². The highest BCUT2D eigenvalue weighted by Gasteiger charge is 2.35. The van der Waals surface area contributed by atoms with Crippen LogP contribution in [0.15, 0.2) is 46.4 Å². The molecule has 2 heterocycles. The molecule has 0 aliphatic carbocycles. The van der Waals surface area contributed by atoms with Crippen molar-refractivity contribution < 1.29 is 14.0 Å². The number of amides is 2. The Bertz CT molecular complexity index is 934. The van der Waals surface area contributed by atoms with Gasteiger partial charge in [-0.15, -0.1) is 0 Å². The van der Waals surface area contributed by atoms with Crippen molar-refractivity contribution in [1.29, 1.82) is 0 Å². The number of anilines is 2. The van der Waals surface area contributed by atoms with E-state index in [2.05, 4.69) is 5.32 Å². The molecule has 3 rings (SSSR count). The number of carbonyl (C=O) groups excluding carboxylic acids is 2. The monoisotopic (exact) mass is 403 g/mol. The Hall–Kier alpha value is -2.64. The van der Waals surface area contributed by atoms with Crippen LogP contribution in [0, 0.1) is 0 Å². The van der Waals surface area contributed by atoms with Gasteiger partial charge in [-0.05, 0) is 50.3 Å². The molecule has 2 amide bonds. The number of nitrogens with zero attached hydrogens (tertiary/aromatic N) is 2. The Morgan fingerprint density at radius 2 is 1.89 bits per heavy atom. The van der Waals surface area contributed by atoms with E-state index < -0.39 is 11.8 Å². The lowest BCUT2D eigenvalue weighted by Crippen LogP contribution is -2.54. The number of benzene rings is 1. The van der Waals surface area contributed by atoms with Crippen molar-refractivity contribution in [3.05, 3.63) is 52.8 Å². The van der Waals surface area contributed by atoms with Crippen LogP contribution in [-0.4, -0.2) is 30.0 Å². The molecule has 1 aliphatic rings. The number of rotatable bonds is 5. The number of halogens is 1. The maximum Gasteiger partial charge on any atom is 0.270 e. The average molecular weight is 404 g/mol. The van der Waals surface area contributed by atoms with Gasteiger partial charge in [0.1, 0.15) is 11.3 Å². The molecule has 1 aliphatic heterocycles. The number of hydrogen-bond donors (Lipinski definition) is 1. The first-order chi connectivity index (χ1) is 13.0. The topological polar surface area (TPSA) is 65.8 Å². The minimum Gasteiger partial charge on any atom is -0.441 e. The smallest absolute Gasteiger partial charge is 0.270 e. The molecule has 1 saturated heterocycles. The molecule has 1 aromatic heterocycles. The average Bonchev–Trinajstić information content (AvgIpc) is 3.09. The van der Waals surface area contributed by atoms with Gasteiger partial charge >= 0.3 is 0 Å². The van der Waals surface area contributed by atoms with E-state index in [1.165, 1.54) is 11.0 Å². The molecule has 1 N–H and O–H groups in total. The molecule has 0 spiro atoms. The van der Waals surface area contributed by atoms with E-state index in [0.717, 1.165) is 13.1 Å². The highest BCUT2D eigenvalue weighted by atomic mass is 35.5. The van der Waals surface area contributed by atoms with Crippen LogP contribution in [-0.2, 0) is 9.59 Å². The molecule has 27 heavy (non-hydrogen) atoms. The van der Waals surface area contributed by atoms with E-state index in [9.17, 15) is 9.59 Å². The van der Waals surface area contributed by atoms with E-state index in [0.29, 0.717) is 22.4 Å². The van der Waals surface area contributed by atoms with Crippen molar-refractivity contribution in [3.63, 3.8) is 0 Å². The molecule has 1 fully saturated rings. The van der Waals surface area contributed by atoms with Gasteiger partial charge in [0.15, 0.2) is 11.0 Å². The largest absolute Gasteiger partial charge is 0.441 e. The number of carbonyl (C=O) groups is 2. The summed E-state index contributed by atoms with van der Waals surface area (Å²) in [6.45, 7) is 5.61. The summed E-state index contributed by atoms with van der Waals surface area (Å²) in [4.78, 5) is 28.5. The lowest BCUT2D eigenvalue weighted by Gasteiger charge is -2.29. The van der Waals surface area contributed by atoms with Gasteiger partial charge in [-0.2, -0.15) is 0 Å². The molecular formula is C19H18ClN3O3S. The maximum atomic E-state index is 13.0. The first-order valence-corrected chi connectivity index (χ1v) is 9.25. The van der Waals surface area contributed by atoms with Crippen LogP contribution in [0.5, 0.6) is 0 Å². The fourth-order valence-electron chi connectivity index (χ4n) is 2.78. The van der Waals surface area contributed by atoms with Crippen molar-refractivity contribution in [2.75, 3.05) is 22.9 Å². The number of nitrogens with one attached hydrogen (secondary N) is 1. The van der Waals surface area contributed by atoms with E-state index in [1.807, 2.05) is 18.7 Å². The molecule has 0 unspecified atom stereocenters. The Morgan fingerprint density at radius 3 is 2.56 bits per heavy atom. The first kappa shape index (κ1) is 19.1. The van der Waals surface area contributed by atoms with Crippen LogP contribution >= 0.6 is 23.8 Å². The Labute approximate surface area is 167 Å². The lowest BCUT2D eigenvalue weighted by atomic mass is 10.1. The summed E-state index contributed by atoms with van der Waals surface area (Å²) in [5.74, 6) is -0.0527. The van der Waals surface area contributed by atoms with Gasteiger partial charge in [0, 0.05) is 19.2 Å². The molecule has 140 valence electrons. The molecule has 8 heteroatoms. The van der Waals surface area contributed by atoms with Gasteiger partial charge in [-0.3, -0.25) is 19.8 Å². The molecule has 0 bridgehead atoms. The minimum atomic E-state index is -0.575. The van der Waals surface area contributed by atoms with Crippen LogP contribution in [0.3, 0.4) is 0 Å². The predicted molar refractivity (Wildman–Crippen MR) is 110 cm³/mol. The van der Waals surface area contributed by atoms with E-state index in [1.54, 1.807) is 36.4 Å². The zero-order valence-electron chi connectivity index (χ0n) is 14.9. The number of furan rings is 1. The molecule has 1 aromatic carbocycles. The third-order valence-electron chi connectivity index (χ3n) is 4.17. The quantitative estimate of drug-likeness (QED) is 0.469. The number of para-hydroxylation sites is 1. The molecule has 0 atom stereocenters. The molecular weight excluding hydrogens is 386 g/mol. The van der Waals surface area contributed by atoms with Crippen LogP contribution < -0.4 is 15.1 Å².